The minimum Gasteiger partial charge on any atom is -0.391 e. The lowest BCUT2D eigenvalue weighted by Gasteiger charge is -2.50. The van der Waals surface area contributed by atoms with Gasteiger partial charge in [0.25, 0.3) is 5.91 Å². The Labute approximate surface area is 166 Å². The van der Waals surface area contributed by atoms with Crippen LogP contribution in [-0.2, 0) is 19.2 Å². The number of nitrogens with zero attached hydrogens (tertiary/aromatic N) is 2. The van der Waals surface area contributed by atoms with Gasteiger partial charge in [0.05, 0.1) is 24.3 Å². The van der Waals surface area contributed by atoms with Crippen LogP contribution in [-0.4, -0.2) is 84.9 Å². The second-order valence-corrected chi connectivity index (χ2v) is 9.79. The number of Topliss-reactive ketones (excluding diaryl/α,β-unsaturated/α-hetero) is 2. The predicted molar refractivity (Wildman–Crippen MR) is 98.0 cm³/mol. The van der Waals surface area contributed by atoms with E-state index in [2.05, 4.69) is 0 Å². The fourth-order valence-corrected chi connectivity index (χ4v) is 7.32. The number of aliphatic hydroxyl groups excluding tert-OH is 2. The van der Waals surface area contributed by atoms with E-state index >= 15 is 0 Å². The van der Waals surface area contributed by atoms with E-state index in [-0.39, 0.29) is 49.1 Å². The van der Waals surface area contributed by atoms with Crippen LogP contribution in [0.4, 0.5) is 0 Å². The van der Waals surface area contributed by atoms with Crippen molar-refractivity contribution in [2.75, 3.05) is 6.26 Å². The summed E-state index contributed by atoms with van der Waals surface area (Å²) >= 11 is 1.22. The van der Waals surface area contributed by atoms with E-state index in [0.717, 1.165) is 0 Å². The first-order valence-electron chi connectivity index (χ1n) is 9.94. The topological polar surface area (TPSA) is 115 Å². The molecule has 2 saturated carbocycles. The van der Waals surface area contributed by atoms with E-state index in [9.17, 15) is 29.4 Å². The summed E-state index contributed by atoms with van der Waals surface area (Å²) in [7, 11) is 0. The van der Waals surface area contributed by atoms with Gasteiger partial charge in [0.1, 0.15) is 17.6 Å². The minimum atomic E-state index is -1.25. The Balaban J connectivity index is 1.61. The molecule has 3 saturated heterocycles. The van der Waals surface area contributed by atoms with Crippen molar-refractivity contribution in [1.29, 1.82) is 0 Å². The highest BCUT2D eigenvalue weighted by Gasteiger charge is 2.70. The molecule has 0 bridgehead atoms. The smallest absolute Gasteiger partial charge is 0.260 e. The SMILES string of the molecule is CSC12CC3C(=O)CCC(O)C3N1C(=O)C1CC3C(=O)CCC(O)C3N1C2=O. The van der Waals surface area contributed by atoms with Gasteiger partial charge in [-0.05, 0) is 25.5 Å². The Morgan fingerprint density at radius 2 is 1.57 bits per heavy atom. The van der Waals surface area contributed by atoms with Crippen LogP contribution in [0, 0.1) is 11.8 Å². The van der Waals surface area contributed by atoms with Crippen LogP contribution in [0.3, 0.4) is 0 Å². The number of hydrogen-bond donors (Lipinski definition) is 2. The molecule has 9 heteroatoms. The number of piperazine rings is 1. The van der Waals surface area contributed by atoms with Gasteiger partial charge in [-0.25, -0.2) is 0 Å². The molecule has 8 atom stereocenters. The Hall–Kier alpha value is -1.45. The van der Waals surface area contributed by atoms with E-state index < -0.39 is 47.0 Å². The number of amides is 2. The van der Waals surface area contributed by atoms with Crippen molar-refractivity contribution in [1.82, 2.24) is 9.80 Å². The average molecular weight is 408 g/mol. The first-order valence-corrected chi connectivity index (χ1v) is 11.2. The van der Waals surface area contributed by atoms with Crippen molar-refractivity contribution in [2.24, 2.45) is 11.8 Å². The lowest BCUT2D eigenvalue weighted by molar-refractivity contribution is -0.168. The zero-order valence-electron chi connectivity index (χ0n) is 15.6. The standard InChI is InChI=1S/C19H24N2O6S/c1-28-19-7-9-12(23)3-5-14(25)16(9)21(19)17(26)10-6-8-11(22)2-4-13(24)15(8)20(10)18(19)27/h8-10,13-16,24-25H,2-7H2,1H3. The molecule has 0 aromatic rings. The lowest BCUT2D eigenvalue weighted by atomic mass is 9.80. The molecular formula is C19H24N2O6S. The third kappa shape index (κ3) is 2.10. The highest BCUT2D eigenvalue weighted by Crippen LogP contribution is 2.55. The Kier molecular flexibility index (Phi) is 4.00. The van der Waals surface area contributed by atoms with E-state index in [4.69, 9.17) is 0 Å². The van der Waals surface area contributed by atoms with Crippen molar-refractivity contribution >= 4 is 35.1 Å². The molecule has 0 radical (unpaired) electrons. The highest BCUT2D eigenvalue weighted by atomic mass is 32.2. The number of thioether (sulfide) groups is 1. The van der Waals surface area contributed by atoms with Crippen LogP contribution in [0.15, 0.2) is 0 Å². The molecule has 28 heavy (non-hydrogen) atoms. The normalized spacial score (nSPS) is 47.8. The minimum absolute atomic E-state index is 0.00517. The first-order chi connectivity index (χ1) is 13.3. The molecular weight excluding hydrogens is 384 g/mol. The van der Waals surface area contributed by atoms with Gasteiger partial charge in [-0.1, -0.05) is 0 Å². The largest absolute Gasteiger partial charge is 0.391 e. The molecule has 0 spiro atoms. The van der Waals surface area contributed by atoms with Crippen LogP contribution >= 0.6 is 11.8 Å². The van der Waals surface area contributed by atoms with Crippen molar-refractivity contribution in [3.05, 3.63) is 0 Å². The maximum Gasteiger partial charge on any atom is 0.260 e. The molecule has 8 unspecified atom stereocenters. The van der Waals surface area contributed by atoms with Gasteiger partial charge < -0.3 is 20.0 Å². The summed E-state index contributed by atoms with van der Waals surface area (Å²) in [5, 5.41) is 21.2. The van der Waals surface area contributed by atoms with Crippen LogP contribution in [0.1, 0.15) is 38.5 Å². The molecule has 5 rings (SSSR count). The lowest BCUT2D eigenvalue weighted by Crippen LogP contribution is -2.71. The number of ketones is 2. The molecule has 3 heterocycles. The van der Waals surface area contributed by atoms with Crippen molar-refractivity contribution in [2.45, 2.75) is 73.7 Å². The summed E-state index contributed by atoms with van der Waals surface area (Å²) < 4.78 is 0. The second-order valence-electron chi connectivity index (χ2n) is 8.70. The van der Waals surface area contributed by atoms with Crippen LogP contribution in [0.25, 0.3) is 0 Å². The molecule has 2 N–H and O–H groups in total. The molecule has 8 nitrogen and oxygen atoms in total. The summed E-state index contributed by atoms with van der Waals surface area (Å²) in [6, 6.07) is -2.16. The van der Waals surface area contributed by atoms with Gasteiger partial charge in [-0.15, -0.1) is 11.8 Å². The zero-order valence-corrected chi connectivity index (χ0v) is 16.4. The molecule has 5 aliphatic rings. The highest BCUT2D eigenvalue weighted by molar-refractivity contribution is 8.00. The van der Waals surface area contributed by atoms with Crippen molar-refractivity contribution in [3.8, 4) is 0 Å². The van der Waals surface area contributed by atoms with Crippen LogP contribution < -0.4 is 0 Å². The molecule has 2 amide bonds. The van der Waals surface area contributed by atoms with Crippen LogP contribution in [0.2, 0.25) is 0 Å². The summed E-state index contributed by atoms with van der Waals surface area (Å²) in [6.07, 6.45) is 1.58. The molecule has 3 aliphatic heterocycles. The molecule has 5 fully saturated rings. The van der Waals surface area contributed by atoms with Gasteiger partial charge in [0, 0.05) is 31.1 Å². The number of hydrogen-bond acceptors (Lipinski definition) is 7. The first kappa shape index (κ1) is 18.6. The molecule has 2 aliphatic carbocycles. The van der Waals surface area contributed by atoms with E-state index in [1.54, 1.807) is 6.26 Å². The van der Waals surface area contributed by atoms with Gasteiger partial charge in [0.2, 0.25) is 5.91 Å². The molecule has 152 valence electrons. The zero-order chi connectivity index (χ0) is 20.0. The molecule has 0 aromatic carbocycles. The Bertz CT molecular complexity index is 788. The summed E-state index contributed by atoms with van der Waals surface area (Å²) in [5.74, 6) is -1.68. The number of fused-ring (bicyclic) bond motifs is 6. The van der Waals surface area contributed by atoms with Gasteiger partial charge in [0.15, 0.2) is 4.87 Å². The van der Waals surface area contributed by atoms with Gasteiger partial charge in [-0.2, -0.15) is 0 Å². The van der Waals surface area contributed by atoms with E-state index in [0.29, 0.717) is 12.8 Å². The number of carbonyl (C=O) groups excluding carboxylic acids is 4. The summed E-state index contributed by atoms with van der Waals surface area (Å²) in [4.78, 5) is 54.0. The number of rotatable bonds is 1. The second kappa shape index (κ2) is 6.03. The Morgan fingerprint density at radius 1 is 0.964 bits per heavy atom. The van der Waals surface area contributed by atoms with E-state index in [1.807, 2.05) is 0 Å². The quantitative estimate of drug-likeness (QED) is 0.590. The third-order valence-electron chi connectivity index (χ3n) is 7.56. The molecule has 0 aromatic heterocycles. The van der Waals surface area contributed by atoms with Gasteiger partial charge in [-0.3, -0.25) is 19.2 Å². The predicted octanol–water partition coefficient (Wildman–Crippen LogP) is -0.690. The number of carbonyl (C=O) groups is 4. The fourth-order valence-electron chi connectivity index (χ4n) is 6.29. The van der Waals surface area contributed by atoms with Crippen molar-refractivity contribution < 1.29 is 29.4 Å². The summed E-state index contributed by atoms with van der Waals surface area (Å²) in [5.41, 5.74) is 0. The maximum absolute atomic E-state index is 13.7. The summed E-state index contributed by atoms with van der Waals surface area (Å²) in [6.45, 7) is 0. The van der Waals surface area contributed by atoms with Gasteiger partial charge >= 0.3 is 0 Å². The van der Waals surface area contributed by atoms with Crippen molar-refractivity contribution in [3.63, 3.8) is 0 Å². The average Bonchev–Trinajstić information content (AvgIpc) is 3.25. The maximum atomic E-state index is 13.7. The Morgan fingerprint density at radius 3 is 2.21 bits per heavy atom. The third-order valence-corrected chi connectivity index (χ3v) is 8.77. The fraction of sp³-hybridized carbons (Fsp3) is 0.789. The monoisotopic (exact) mass is 408 g/mol. The van der Waals surface area contributed by atoms with E-state index in [1.165, 1.54) is 21.6 Å². The number of aliphatic hydroxyl groups is 2. The van der Waals surface area contributed by atoms with Crippen LogP contribution in [0.5, 0.6) is 0 Å².